The maximum absolute atomic E-state index is 12.5. The summed E-state index contributed by atoms with van der Waals surface area (Å²) in [5.74, 6) is 1.31. The third kappa shape index (κ3) is 5.24. The Kier molecular flexibility index (Phi) is 6.99. The van der Waals surface area contributed by atoms with Gasteiger partial charge in [0.05, 0.1) is 12.9 Å². The zero-order valence-electron chi connectivity index (χ0n) is 17.0. The second-order valence-corrected chi connectivity index (χ2v) is 8.51. The molecule has 0 aliphatic heterocycles. The SMILES string of the molecule is COc1cccc(-c2nnc(SCC(=O)Nc3cccc(Cl)c3)n2-c2ccc(Cl)cc2)c1. The number of benzene rings is 3. The van der Waals surface area contributed by atoms with E-state index in [1.165, 1.54) is 11.8 Å². The molecule has 0 unspecified atom stereocenters. The van der Waals surface area contributed by atoms with Crippen molar-refractivity contribution in [2.45, 2.75) is 5.16 Å². The van der Waals surface area contributed by atoms with Crippen molar-refractivity contribution >= 4 is 46.6 Å². The fraction of sp³-hybridized carbons (Fsp3) is 0.0870. The maximum atomic E-state index is 12.5. The molecule has 0 bridgehead atoms. The Morgan fingerprint density at radius 1 is 1.00 bits per heavy atom. The standard InChI is InChI=1S/C23H18Cl2N4O2S/c1-31-20-7-2-4-15(12-20)22-27-28-23(29(22)19-10-8-16(24)9-11-19)32-14-21(30)26-18-6-3-5-17(25)13-18/h2-13H,14H2,1H3,(H,26,30). The molecule has 4 rings (SSSR count). The highest BCUT2D eigenvalue weighted by molar-refractivity contribution is 7.99. The van der Waals surface area contributed by atoms with Crippen molar-refractivity contribution in [3.63, 3.8) is 0 Å². The van der Waals surface area contributed by atoms with Gasteiger partial charge in [-0.2, -0.15) is 0 Å². The second kappa shape index (κ2) is 10.1. The molecule has 0 saturated carbocycles. The van der Waals surface area contributed by atoms with Gasteiger partial charge in [-0.3, -0.25) is 9.36 Å². The Bertz CT molecular complexity index is 1240. The number of thioether (sulfide) groups is 1. The summed E-state index contributed by atoms with van der Waals surface area (Å²) < 4.78 is 7.24. The number of methoxy groups -OCH3 is 1. The van der Waals surface area contributed by atoms with Crippen LogP contribution in [-0.2, 0) is 4.79 Å². The fourth-order valence-corrected chi connectivity index (χ4v) is 4.10. The van der Waals surface area contributed by atoms with Crippen molar-refractivity contribution in [3.8, 4) is 22.8 Å². The number of ether oxygens (including phenoxy) is 1. The highest BCUT2D eigenvalue weighted by Gasteiger charge is 2.18. The lowest BCUT2D eigenvalue weighted by atomic mass is 10.2. The average molecular weight is 485 g/mol. The maximum Gasteiger partial charge on any atom is 0.234 e. The van der Waals surface area contributed by atoms with Crippen LogP contribution in [0.5, 0.6) is 5.75 Å². The summed E-state index contributed by atoms with van der Waals surface area (Å²) in [5, 5.41) is 13.3. The second-order valence-electron chi connectivity index (χ2n) is 6.70. The monoisotopic (exact) mass is 484 g/mol. The number of nitrogens with one attached hydrogen (secondary N) is 1. The molecule has 0 atom stereocenters. The topological polar surface area (TPSA) is 69.0 Å². The van der Waals surface area contributed by atoms with Gasteiger partial charge in [0.1, 0.15) is 5.75 Å². The normalized spacial score (nSPS) is 10.7. The van der Waals surface area contributed by atoms with Gasteiger partial charge in [-0.1, -0.05) is 53.2 Å². The van der Waals surface area contributed by atoms with E-state index in [2.05, 4.69) is 15.5 Å². The lowest BCUT2D eigenvalue weighted by molar-refractivity contribution is -0.113. The zero-order valence-corrected chi connectivity index (χ0v) is 19.3. The number of hydrogen-bond donors (Lipinski definition) is 1. The van der Waals surface area contributed by atoms with Gasteiger partial charge in [0.25, 0.3) is 0 Å². The number of amides is 1. The van der Waals surface area contributed by atoms with E-state index in [-0.39, 0.29) is 11.7 Å². The van der Waals surface area contributed by atoms with Gasteiger partial charge in [0, 0.05) is 27.0 Å². The predicted octanol–water partition coefficient (Wildman–Crippen LogP) is 5.98. The number of halogens is 2. The molecule has 0 spiro atoms. The molecule has 3 aromatic carbocycles. The number of hydrogen-bond acceptors (Lipinski definition) is 5. The molecule has 6 nitrogen and oxygen atoms in total. The number of nitrogens with zero attached hydrogens (tertiary/aromatic N) is 3. The largest absolute Gasteiger partial charge is 0.497 e. The number of carbonyl (C=O) groups excluding carboxylic acids is 1. The fourth-order valence-electron chi connectivity index (χ4n) is 3.03. The Morgan fingerprint density at radius 2 is 1.78 bits per heavy atom. The van der Waals surface area contributed by atoms with Gasteiger partial charge >= 0.3 is 0 Å². The summed E-state index contributed by atoms with van der Waals surface area (Å²) >= 11 is 13.3. The molecule has 9 heteroatoms. The third-order valence-corrected chi connectivity index (χ3v) is 5.90. The summed E-state index contributed by atoms with van der Waals surface area (Å²) in [6.45, 7) is 0. The molecule has 0 aliphatic rings. The van der Waals surface area contributed by atoms with Crippen molar-refractivity contribution in [2.24, 2.45) is 0 Å². The number of carbonyl (C=O) groups is 1. The first-order valence-electron chi connectivity index (χ1n) is 9.57. The van der Waals surface area contributed by atoms with Gasteiger partial charge in [-0.25, -0.2) is 0 Å². The van der Waals surface area contributed by atoms with Crippen LogP contribution in [0.3, 0.4) is 0 Å². The Morgan fingerprint density at radius 3 is 2.53 bits per heavy atom. The molecule has 0 aliphatic carbocycles. The van der Waals surface area contributed by atoms with E-state index in [1.54, 1.807) is 43.5 Å². The van der Waals surface area contributed by atoms with E-state index in [1.807, 2.05) is 41.0 Å². The summed E-state index contributed by atoms with van der Waals surface area (Å²) in [7, 11) is 1.61. The van der Waals surface area contributed by atoms with Crippen LogP contribution in [0.1, 0.15) is 0 Å². The highest BCUT2D eigenvalue weighted by atomic mass is 35.5. The molecule has 0 radical (unpaired) electrons. The third-order valence-electron chi connectivity index (χ3n) is 4.49. The predicted molar refractivity (Wildman–Crippen MR) is 129 cm³/mol. The van der Waals surface area contributed by atoms with E-state index >= 15 is 0 Å². The quantitative estimate of drug-likeness (QED) is 0.326. The molecule has 1 N–H and O–H groups in total. The average Bonchev–Trinajstić information content (AvgIpc) is 3.22. The van der Waals surface area contributed by atoms with Gasteiger partial charge in [0.15, 0.2) is 11.0 Å². The smallest absolute Gasteiger partial charge is 0.234 e. The summed E-state index contributed by atoms with van der Waals surface area (Å²) in [4.78, 5) is 12.5. The van der Waals surface area contributed by atoms with E-state index in [4.69, 9.17) is 27.9 Å². The molecule has 162 valence electrons. The van der Waals surface area contributed by atoms with Gasteiger partial charge < -0.3 is 10.1 Å². The number of rotatable bonds is 7. The molecule has 32 heavy (non-hydrogen) atoms. The van der Waals surface area contributed by atoms with Crippen LogP contribution in [0.2, 0.25) is 10.0 Å². The van der Waals surface area contributed by atoms with Crippen LogP contribution in [0.4, 0.5) is 5.69 Å². The number of aromatic nitrogens is 3. The van der Waals surface area contributed by atoms with Crippen molar-refractivity contribution in [1.82, 2.24) is 14.8 Å². The van der Waals surface area contributed by atoms with Crippen molar-refractivity contribution in [2.75, 3.05) is 18.2 Å². The molecule has 1 amide bonds. The van der Waals surface area contributed by atoms with Crippen LogP contribution in [0.25, 0.3) is 17.1 Å². The first kappa shape index (κ1) is 22.2. The number of anilines is 1. The van der Waals surface area contributed by atoms with Gasteiger partial charge in [-0.05, 0) is 54.6 Å². The van der Waals surface area contributed by atoms with E-state index in [0.29, 0.717) is 32.5 Å². The molecular formula is C23H18Cl2N4O2S. The Hall–Kier alpha value is -3.00. The minimum absolute atomic E-state index is 0.149. The minimum atomic E-state index is -0.175. The van der Waals surface area contributed by atoms with Crippen LogP contribution in [0.15, 0.2) is 78.0 Å². The van der Waals surface area contributed by atoms with Crippen LogP contribution in [0, 0.1) is 0 Å². The first-order chi connectivity index (χ1) is 15.5. The molecule has 0 saturated heterocycles. The molecule has 4 aromatic rings. The van der Waals surface area contributed by atoms with Crippen LogP contribution < -0.4 is 10.1 Å². The first-order valence-corrected chi connectivity index (χ1v) is 11.3. The van der Waals surface area contributed by atoms with E-state index < -0.39 is 0 Å². The Balaban J connectivity index is 1.62. The molecule has 1 aromatic heterocycles. The van der Waals surface area contributed by atoms with Crippen LogP contribution >= 0.6 is 35.0 Å². The minimum Gasteiger partial charge on any atom is -0.497 e. The van der Waals surface area contributed by atoms with E-state index in [9.17, 15) is 4.79 Å². The summed E-state index contributed by atoms with van der Waals surface area (Å²) in [6.07, 6.45) is 0. The van der Waals surface area contributed by atoms with Gasteiger partial charge in [-0.15, -0.1) is 10.2 Å². The van der Waals surface area contributed by atoms with Gasteiger partial charge in [0.2, 0.25) is 5.91 Å². The lowest BCUT2D eigenvalue weighted by Gasteiger charge is -2.11. The van der Waals surface area contributed by atoms with Crippen LogP contribution in [-0.4, -0.2) is 33.5 Å². The zero-order chi connectivity index (χ0) is 22.5. The lowest BCUT2D eigenvalue weighted by Crippen LogP contribution is -2.14. The summed E-state index contributed by atoms with van der Waals surface area (Å²) in [6, 6.07) is 21.9. The van der Waals surface area contributed by atoms with Crippen molar-refractivity contribution in [3.05, 3.63) is 82.8 Å². The highest BCUT2D eigenvalue weighted by Crippen LogP contribution is 2.30. The summed E-state index contributed by atoms with van der Waals surface area (Å²) in [5.41, 5.74) is 2.30. The van der Waals surface area contributed by atoms with Crippen molar-refractivity contribution in [1.29, 1.82) is 0 Å². The Labute approximate surface area is 199 Å². The van der Waals surface area contributed by atoms with Crippen molar-refractivity contribution < 1.29 is 9.53 Å². The molecule has 1 heterocycles. The molecule has 0 fully saturated rings. The molecular weight excluding hydrogens is 467 g/mol. The van der Waals surface area contributed by atoms with E-state index in [0.717, 1.165) is 11.3 Å².